The average Bonchev–Trinajstić information content (AvgIpc) is 2.13. The molecular weight excluding hydrogens is 201 g/mol. The van der Waals surface area contributed by atoms with Gasteiger partial charge in [0, 0.05) is 18.1 Å². The van der Waals surface area contributed by atoms with Gasteiger partial charge in [-0.05, 0) is 31.4 Å². The van der Waals surface area contributed by atoms with Crippen LogP contribution in [0.5, 0.6) is 0 Å². The number of hydrogen-bond donors (Lipinski definition) is 2. The first-order chi connectivity index (χ1) is 6.58. The van der Waals surface area contributed by atoms with Crippen molar-refractivity contribution < 1.29 is 14.4 Å². The summed E-state index contributed by atoms with van der Waals surface area (Å²) in [7, 11) is -3.81. The van der Waals surface area contributed by atoms with Crippen LogP contribution in [0.15, 0.2) is 24.4 Å². The molecule has 14 heavy (non-hydrogen) atoms. The van der Waals surface area contributed by atoms with Crippen molar-refractivity contribution in [2.24, 2.45) is 0 Å². The summed E-state index contributed by atoms with van der Waals surface area (Å²) >= 11 is 0. The van der Waals surface area contributed by atoms with E-state index in [9.17, 15) is 4.57 Å². The Labute approximate surface area is 83.2 Å². The van der Waals surface area contributed by atoms with E-state index >= 15 is 0 Å². The minimum Gasteiger partial charge on any atom is -0.324 e. The van der Waals surface area contributed by atoms with E-state index in [0.29, 0.717) is 6.42 Å². The minimum absolute atomic E-state index is 0.0279. The number of hydrogen-bond acceptors (Lipinski definition) is 2. The Bertz CT molecular complexity index is 309. The Hall–Kier alpha value is -0.700. The van der Waals surface area contributed by atoms with Gasteiger partial charge in [0.05, 0.1) is 0 Å². The van der Waals surface area contributed by atoms with Gasteiger partial charge in [-0.25, -0.2) is 0 Å². The van der Waals surface area contributed by atoms with Crippen LogP contribution in [0.1, 0.15) is 18.5 Å². The van der Waals surface area contributed by atoms with Gasteiger partial charge in [0.2, 0.25) is 0 Å². The molecule has 0 aliphatic heterocycles. The van der Waals surface area contributed by atoms with E-state index in [1.165, 1.54) is 0 Å². The molecule has 0 saturated heterocycles. The van der Waals surface area contributed by atoms with Crippen molar-refractivity contribution in [2.75, 3.05) is 6.16 Å². The predicted molar refractivity (Wildman–Crippen MR) is 54.1 cm³/mol. The largest absolute Gasteiger partial charge is 0.325 e. The number of aryl methyl sites for hydroxylation is 1. The predicted octanol–water partition coefficient (Wildman–Crippen LogP) is 1.58. The zero-order valence-corrected chi connectivity index (χ0v) is 8.73. The van der Waals surface area contributed by atoms with E-state index in [-0.39, 0.29) is 6.16 Å². The third kappa shape index (κ3) is 5.12. The number of aromatic nitrogens is 1. The van der Waals surface area contributed by atoms with Crippen LogP contribution in [0.4, 0.5) is 0 Å². The van der Waals surface area contributed by atoms with Crippen molar-refractivity contribution >= 4 is 7.60 Å². The van der Waals surface area contributed by atoms with Crippen molar-refractivity contribution in [3.63, 3.8) is 0 Å². The van der Waals surface area contributed by atoms with Gasteiger partial charge >= 0.3 is 7.60 Å². The third-order valence-electron chi connectivity index (χ3n) is 1.86. The lowest BCUT2D eigenvalue weighted by molar-refractivity contribution is 0.371. The molecule has 0 bridgehead atoms. The van der Waals surface area contributed by atoms with Crippen LogP contribution in [0, 0.1) is 0 Å². The molecule has 0 radical (unpaired) electrons. The molecule has 0 aliphatic carbocycles. The number of rotatable bonds is 5. The molecule has 0 unspecified atom stereocenters. The van der Waals surface area contributed by atoms with Crippen molar-refractivity contribution in [1.82, 2.24) is 4.98 Å². The summed E-state index contributed by atoms with van der Waals surface area (Å²) in [6.45, 7) is 0. The molecule has 2 N–H and O–H groups in total. The summed E-state index contributed by atoms with van der Waals surface area (Å²) in [6.07, 6.45) is 3.78. The summed E-state index contributed by atoms with van der Waals surface area (Å²) in [5, 5.41) is 0. The molecule has 0 fully saturated rings. The Balaban J connectivity index is 2.20. The second-order valence-corrected chi connectivity index (χ2v) is 4.94. The van der Waals surface area contributed by atoms with E-state index in [2.05, 4.69) is 4.98 Å². The molecular formula is C9H14NO3P. The molecule has 0 aliphatic rings. The van der Waals surface area contributed by atoms with Crippen LogP contribution in [0.3, 0.4) is 0 Å². The lowest BCUT2D eigenvalue weighted by Gasteiger charge is -2.02. The summed E-state index contributed by atoms with van der Waals surface area (Å²) in [5.74, 6) is 0. The van der Waals surface area contributed by atoms with Crippen molar-refractivity contribution in [3.8, 4) is 0 Å². The van der Waals surface area contributed by atoms with Crippen LogP contribution >= 0.6 is 7.60 Å². The van der Waals surface area contributed by atoms with E-state index in [4.69, 9.17) is 9.79 Å². The van der Waals surface area contributed by atoms with Crippen LogP contribution in [0.25, 0.3) is 0 Å². The summed E-state index contributed by atoms with van der Waals surface area (Å²) in [4.78, 5) is 21.3. The van der Waals surface area contributed by atoms with Crippen molar-refractivity contribution in [1.29, 1.82) is 0 Å². The zero-order chi connectivity index (χ0) is 10.4. The number of unbranched alkanes of at least 4 members (excludes halogenated alkanes) is 1. The van der Waals surface area contributed by atoms with Gasteiger partial charge in [-0.3, -0.25) is 9.55 Å². The monoisotopic (exact) mass is 215 g/mol. The molecule has 4 nitrogen and oxygen atoms in total. The van der Waals surface area contributed by atoms with Crippen molar-refractivity contribution in [2.45, 2.75) is 19.3 Å². The van der Waals surface area contributed by atoms with Gasteiger partial charge in [-0.1, -0.05) is 6.07 Å². The molecule has 1 aromatic rings. The second-order valence-electron chi connectivity index (χ2n) is 3.17. The quantitative estimate of drug-likeness (QED) is 0.578. The zero-order valence-electron chi connectivity index (χ0n) is 7.83. The highest BCUT2D eigenvalue weighted by molar-refractivity contribution is 7.51. The van der Waals surface area contributed by atoms with Gasteiger partial charge < -0.3 is 9.79 Å². The Morgan fingerprint density at radius 3 is 2.64 bits per heavy atom. The van der Waals surface area contributed by atoms with Crippen LogP contribution in [-0.2, 0) is 11.0 Å². The first-order valence-electron chi connectivity index (χ1n) is 4.52. The van der Waals surface area contributed by atoms with Crippen molar-refractivity contribution in [3.05, 3.63) is 30.1 Å². The fraction of sp³-hybridized carbons (Fsp3) is 0.444. The average molecular weight is 215 g/mol. The highest BCUT2D eigenvalue weighted by Crippen LogP contribution is 2.35. The standard InChI is InChI=1S/C9H14NO3P/c11-14(12,13)8-4-2-6-9-5-1-3-7-10-9/h1,3,5,7H,2,4,6,8H2,(H2,11,12,13). The topological polar surface area (TPSA) is 70.4 Å². The van der Waals surface area contributed by atoms with E-state index in [1.807, 2.05) is 18.2 Å². The molecule has 1 rings (SSSR count). The lowest BCUT2D eigenvalue weighted by atomic mass is 10.2. The molecule has 78 valence electrons. The first kappa shape index (κ1) is 11.4. The fourth-order valence-corrected chi connectivity index (χ4v) is 1.81. The molecule has 0 saturated carbocycles. The van der Waals surface area contributed by atoms with E-state index in [1.54, 1.807) is 6.20 Å². The first-order valence-corrected chi connectivity index (χ1v) is 6.32. The van der Waals surface area contributed by atoms with Gasteiger partial charge in [-0.2, -0.15) is 0 Å². The lowest BCUT2D eigenvalue weighted by Crippen LogP contribution is -1.92. The number of pyridine rings is 1. The maximum absolute atomic E-state index is 10.5. The Morgan fingerprint density at radius 1 is 1.29 bits per heavy atom. The second kappa shape index (κ2) is 5.25. The van der Waals surface area contributed by atoms with Crippen LogP contribution < -0.4 is 0 Å². The minimum atomic E-state index is -3.81. The summed E-state index contributed by atoms with van der Waals surface area (Å²) in [6, 6.07) is 5.67. The maximum Gasteiger partial charge on any atom is 0.325 e. The van der Waals surface area contributed by atoms with Gasteiger partial charge in [-0.15, -0.1) is 0 Å². The summed E-state index contributed by atoms with van der Waals surface area (Å²) < 4.78 is 10.5. The van der Waals surface area contributed by atoms with Crippen LogP contribution in [-0.4, -0.2) is 20.9 Å². The van der Waals surface area contributed by atoms with E-state index in [0.717, 1.165) is 18.5 Å². The smallest absolute Gasteiger partial charge is 0.324 e. The molecule has 1 heterocycles. The third-order valence-corrected chi connectivity index (χ3v) is 2.76. The molecule has 0 spiro atoms. The highest BCUT2D eigenvalue weighted by Gasteiger charge is 2.11. The van der Waals surface area contributed by atoms with Crippen LogP contribution in [0.2, 0.25) is 0 Å². The van der Waals surface area contributed by atoms with Gasteiger partial charge in [0.25, 0.3) is 0 Å². The molecule has 0 aromatic carbocycles. The summed E-state index contributed by atoms with van der Waals surface area (Å²) in [5.41, 5.74) is 0.971. The highest BCUT2D eigenvalue weighted by atomic mass is 31.2. The molecule has 0 atom stereocenters. The maximum atomic E-state index is 10.5. The van der Waals surface area contributed by atoms with E-state index < -0.39 is 7.60 Å². The molecule has 0 amide bonds. The normalized spacial score (nSPS) is 11.6. The molecule has 5 heteroatoms. The SMILES string of the molecule is O=P(O)(O)CCCCc1ccccn1. The number of nitrogens with zero attached hydrogens (tertiary/aromatic N) is 1. The fourth-order valence-electron chi connectivity index (χ4n) is 1.17. The van der Waals surface area contributed by atoms with Gasteiger partial charge in [0.1, 0.15) is 0 Å². The Morgan fingerprint density at radius 2 is 2.07 bits per heavy atom. The molecule has 1 aromatic heterocycles. The Kier molecular flexibility index (Phi) is 4.26. The van der Waals surface area contributed by atoms with Gasteiger partial charge in [0.15, 0.2) is 0 Å².